The Hall–Kier alpha value is -3.44. The van der Waals surface area contributed by atoms with Gasteiger partial charge in [0.25, 0.3) is 0 Å². The maximum absolute atomic E-state index is 12.5. The molecule has 0 radical (unpaired) electrons. The molecule has 0 saturated carbocycles. The van der Waals surface area contributed by atoms with Crippen molar-refractivity contribution >= 4 is 34.9 Å². The van der Waals surface area contributed by atoms with E-state index in [0.29, 0.717) is 16.3 Å². The topological polar surface area (TPSA) is 63.7 Å². The van der Waals surface area contributed by atoms with Crippen molar-refractivity contribution in [1.82, 2.24) is 0 Å². The molecule has 1 aliphatic heterocycles. The Labute approximate surface area is 191 Å². The van der Waals surface area contributed by atoms with Crippen molar-refractivity contribution < 1.29 is 19.1 Å². The van der Waals surface area contributed by atoms with Crippen molar-refractivity contribution in [2.45, 2.75) is 13.3 Å². The van der Waals surface area contributed by atoms with E-state index in [1.165, 1.54) is 0 Å². The van der Waals surface area contributed by atoms with Gasteiger partial charge in [-0.05, 0) is 35.7 Å². The van der Waals surface area contributed by atoms with Crippen molar-refractivity contribution in [3.05, 3.63) is 88.9 Å². The molecule has 1 atom stereocenters. The minimum absolute atomic E-state index is 0.0464. The van der Waals surface area contributed by atoms with E-state index in [2.05, 4.69) is 0 Å². The van der Waals surface area contributed by atoms with Crippen LogP contribution in [-0.2, 0) is 14.3 Å². The van der Waals surface area contributed by atoms with E-state index >= 15 is 0 Å². The molecule has 32 heavy (non-hydrogen) atoms. The number of ether oxygens (including phenoxy) is 1. The quantitative estimate of drug-likeness (QED) is 0.390. The Kier molecular flexibility index (Phi) is 6.37. The summed E-state index contributed by atoms with van der Waals surface area (Å²) in [5, 5.41) is 0.560. The molecule has 3 aromatic carbocycles. The van der Waals surface area contributed by atoms with E-state index in [0.717, 1.165) is 16.7 Å². The van der Waals surface area contributed by atoms with Crippen LogP contribution in [0.2, 0.25) is 5.02 Å². The molecule has 1 amide bonds. The Morgan fingerprint density at radius 3 is 2.38 bits per heavy atom. The summed E-state index contributed by atoms with van der Waals surface area (Å²) in [6, 6.07) is 22.4. The number of hydrogen-bond acceptors (Lipinski definition) is 4. The average molecular weight is 448 g/mol. The summed E-state index contributed by atoms with van der Waals surface area (Å²) in [5.74, 6) is -1.62. The Bertz CT molecular complexity index is 1160. The number of carbonyl (C=O) groups excluding carboxylic acids is 3. The highest BCUT2D eigenvalue weighted by molar-refractivity contribution is 6.31. The van der Waals surface area contributed by atoms with E-state index in [1.54, 1.807) is 35.2 Å². The number of anilines is 1. The maximum atomic E-state index is 12.5. The van der Waals surface area contributed by atoms with Gasteiger partial charge in [-0.2, -0.15) is 0 Å². The number of nitrogens with zero attached hydrogens (tertiary/aromatic N) is 1. The fraction of sp³-hybridized carbons (Fsp3) is 0.192. The maximum Gasteiger partial charge on any atom is 0.311 e. The molecule has 0 bridgehead atoms. The van der Waals surface area contributed by atoms with Gasteiger partial charge in [0.05, 0.1) is 5.92 Å². The van der Waals surface area contributed by atoms with Crippen molar-refractivity contribution in [3.8, 4) is 11.1 Å². The monoisotopic (exact) mass is 447 g/mol. The smallest absolute Gasteiger partial charge is 0.311 e. The second-order valence-electron chi connectivity index (χ2n) is 7.76. The van der Waals surface area contributed by atoms with Gasteiger partial charge in [0, 0.05) is 29.2 Å². The Balaban J connectivity index is 1.35. The minimum Gasteiger partial charge on any atom is -0.457 e. The van der Waals surface area contributed by atoms with Crippen molar-refractivity contribution in [2.24, 2.45) is 5.92 Å². The second-order valence-corrected chi connectivity index (χ2v) is 8.17. The first-order valence-corrected chi connectivity index (χ1v) is 10.7. The third kappa shape index (κ3) is 4.58. The number of amides is 1. The van der Waals surface area contributed by atoms with Crippen LogP contribution in [-0.4, -0.2) is 30.8 Å². The summed E-state index contributed by atoms with van der Waals surface area (Å²) < 4.78 is 5.25. The number of halogens is 1. The molecule has 1 saturated heterocycles. The van der Waals surface area contributed by atoms with Gasteiger partial charge >= 0.3 is 5.97 Å². The zero-order valence-electron chi connectivity index (χ0n) is 17.6. The van der Waals surface area contributed by atoms with Crippen molar-refractivity contribution in [2.75, 3.05) is 18.1 Å². The number of carbonyl (C=O) groups is 3. The summed E-state index contributed by atoms with van der Waals surface area (Å²) in [5.41, 5.74) is 4.00. The normalized spacial score (nSPS) is 15.6. The van der Waals surface area contributed by atoms with Crippen LogP contribution in [0, 0.1) is 12.8 Å². The molecule has 4 rings (SSSR count). The molecule has 3 aromatic rings. The van der Waals surface area contributed by atoms with Crippen LogP contribution in [0.5, 0.6) is 0 Å². The molecule has 162 valence electrons. The van der Waals surface area contributed by atoms with Gasteiger partial charge < -0.3 is 9.64 Å². The summed E-state index contributed by atoms with van der Waals surface area (Å²) in [6.45, 7) is 1.68. The number of rotatable bonds is 6. The van der Waals surface area contributed by atoms with E-state index in [4.69, 9.17) is 16.3 Å². The van der Waals surface area contributed by atoms with Crippen LogP contribution >= 0.6 is 11.6 Å². The lowest BCUT2D eigenvalue weighted by Crippen LogP contribution is -2.27. The van der Waals surface area contributed by atoms with Crippen molar-refractivity contribution in [1.29, 1.82) is 0 Å². The SMILES string of the molecule is Cc1c(Cl)cccc1N1C[C@H](C(=O)OCC(=O)c2ccc(-c3ccccc3)cc2)CC1=O. The first-order chi connectivity index (χ1) is 15.4. The lowest BCUT2D eigenvalue weighted by atomic mass is 10.0. The number of ketones is 1. The molecule has 1 fully saturated rings. The molecule has 6 heteroatoms. The van der Waals surface area contributed by atoms with Gasteiger partial charge in [-0.25, -0.2) is 0 Å². The minimum atomic E-state index is -0.617. The number of Topliss-reactive ketones (excluding diaryl/α,β-unsaturated/α-hetero) is 1. The lowest BCUT2D eigenvalue weighted by molar-refractivity contribution is -0.147. The van der Waals surface area contributed by atoms with Crippen LogP contribution in [0.3, 0.4) is 0 Å². The van der Waals surface area contributed by atoms with Crippen LogP contribution < -0.4 is 4.90 Å². The van der Waals surface area contributed by atoms with Crippen LogP contribution in [0.4, 0.5) is 5.69 Å². The van der Waals surface area contributed by atoms with Gasteiger partial charge in [0.1, 0.15) is 0 Å². The summed E-state index contributed by atoms with van der Waals surface area (Å²) in [7, 11) is 0. The summed E-state index contributed by atoms with van der Waals surface area (Å²) in [6.07, 6.45) is 0.0464. The van der Waals surface area contributed by atoms with E-state index in [1.807, 2.05) is 49.4 Å². The third-order valence-electron chi connectivity index (χ3n) is 5.65. The predicted octanol–water partition coefficient (Wildman–Crippen LogP) is 5.09. The molecular weight excluding hydrogens is 426 g/mol. The third-order valence-corrected chi connectivity index (χ3v) is 6.06. The van der Waals surface area contributed by atoms with Gasteiger partial charge in [-0.15, -0.1) is 0 Å². The zero-order chi connectivity index (χ0) is 22.7. The number of benzene rings is 3. The lowest BCUT2D eigenvalue weighted by Gasteiger charge is -2.19. The molecule has 1 heterocycles. The first kappa shape index (κ1) is 21.8. The highest BCUT2D eigenvalue weighted by Gasteiger charge is 2.37. The number of hydrogen-bond donors (Lipinski definition) is 0. The molecule has 0 aliphatic carbocycles. The van der Waals surface area contributed by atoms with Gasteiger partial charge in [0.15, 0.2) is 12.4 Å². The molecule has 0 spiro atoms. The average Bonchev–Trinajstić information content (AvgIpc) is 3.21. The summed E-state index contributed by atoms with van der Waals surface area (Å²) in [4.78, 5) is 39.0. The van der Waals surface area contributed by atoms with Gasteiger partial charge in [-0.3, -0.25) is 14.4 Å². The molecular formula is C26H22ClNO4. The van der Waals surface area contributed by atoms with E-state index in [-0.39, 0.29) is 31.3 Å². The highest BCUT2D eigenvalue weighted by Crippen LogP contribution is 2.31. The summed E-state index contributed by atoms with van der Waals surface area (Å²) >= 11 is 6.16. The molecule has 0 N–H and O–H groups in total. The molecule has 1 aliphatic rings. The predicted molar refractivity (Wildman–Crippen MR) is 124 cm³/mol. The molecule has 0 aromatic heterocycles. The van der Waals surface area contributed by atoms with E-state index < -0.39 is 11.9 Å². The standard InChI is InChI=1S/C26H22ClNO4/c1-17-22(27)8-5-9-23(17)28-15-21(14-25(28)30)26(31)32-16-24(29)20-12-10-19(11-13-20)18-6-3-2-4-7-18/h2-13,21H,14-16H2,1H3/t21-/m1/s1. The molecule has 0 unspecified atom stereocenters. The second kappa shape index (κ2) is 9.37. The van der Waals surface area contributed by atoms with Crippen LogP contribution in [0.25, 0.3) is 11.1 Å². The van der Waals surface area contributed by atoms with Crippen LogP contribution in [0.1, 0.15) is 22.3 Å². The van der Waals surface area contributed by atoms with Gasteiger partial charge in [-0.1, -0.05) is 72.3 Å². The largest absolute Gasteiger partial charge is 0.457 e. The zero-order valence-corrected chi connectivity index (χ0v) is 18.3. The van der Waals surface area contributed by atoms with Crippen molar-refractivity contribution in [3.63, 3.8) is 0 Å². The highest BCUT2D eigenvalue weighted by atomic mass is 35.5. The fourth-order valence-electron chi connectivity index (χ4n) is 3.80. The Morgan fingerprint density at radius 2 is 1.66 bits per heavy atom. The Morgan fingerprint density at radius 1 is 0.969 bits per heavy atom. The first-order valence-electron chi connectivity index (χ1n) is 10.3. The van der Waals surface area contributed by atoms with Gasteiger partial charge in [0.2, 0.25) is 5.91 Å². The van der Waals surface area contributed by atoms with E-state index in [9.17, 15) is 14.4 Å². The van der Waals surface area contributed by atoms with Crippen LogP contribution in [0.15, 0.2) is 72.8 Å². The number of esters is 1. The fourth-order valence-corrected chi connectivity index (χ4v) is 3.97. The molecule has 5 nitrogen and oxygen atoms in total.